The van der Waals surface area contributed by atoms with Gasteiger partial charge in [-0.25, -0.2) is 4.39 Å². The Morgan fingerprint density at radius 3 is 2.59 bits per heavy atom. The lowest BCUT2D eigenvalue weighted by atomic mass is 9.97. The first-order valence-corrected chi connectivity index (χ1v) is 14.6. The van der Waals surface area contributed by atoms with Gasteiger partial charge in [0.15, 0.2) is 11.5 Å². The minimum atomic E-state index is -0.322. The van der Waals surface area contributed by atoms with E-state index in [1.54, 1.807) is 0 Å². The Kier molecular flexibility index (Phi) is 7.42. The van der Waals surface area contributed by atoms with Crippen molar-refractivity contribution in [1.29, 1.82) is 0 Å². The Morgan fingerprint density at radius 1 is 0.886 bits per heavy atom. The molecule has 6 nitrogen and oxygen atoms in total. The van der Waals surface area contributed by atoms with Gasteiger partial charge in [-0.3, -0.25) is 9.97 Å². The minimum absolute atomic E-state index is 0.322. The molecule has 0 saturated heterocycles. The maximum atomic E-state index is 14.2. The highest BCUT2D eigenvalue weighted by Crippen LogP contribution is 2.26. The van der Waals surface area contributed by atoms with Crippen molar-refractivity contribution >= 4 is 17.3 Å². The molecule has 1 aliphatic rings. The first-order valence-electron chi connectivity index (χ1n) is 14.6. The normalized spacial score (nSPS) is 12.5. The molecule has 0 atom stereocenters. The molecule has 0 unspecified atom stereocenters. The average molecular weight is 577 g/mol. The van der Waals surface area contributed by atoms with Crippen LogP contribution in [0.5, 0.6) is 0 Å². The van der Waals surface area contributed by atoms with Gasteiger partial charge in [0.2, 0.25) is 0 Å². The molecule has 7 heteroatoms. The van der Waals surface area contributed by atoms with Gasteiger partial charge >= 0.3 is 0 Å². The highest BCUT2D eigenvalue weighted by atomic mass is 19.1. The summed E-state index contributed by atoms with van der Waals surface area (Å²) in [5.41, 5.74) is 10.4. The summed E-state index contributed by atoms with van der Waals surface area (Å²) in [5.74, 6) is 0.512. The fourth-order valence-electron chi connectivity index (χ4n) is 5.62. The average Bonchev–Trinajstić information content (AvgIpc) is 3.35. The Hall–Kier alpha value is -5.56. The molecule has 0 radical (unpaired) electrons. The molecule has 6 aromatic rings. The van der Waals surface area contributed by atoms with Crippen LogP contribution in [0.3, 0.4) is 0 Å². The summed E-state index contributed by atoms with van der Waals surface area (Å²) in [6.45, 7) is 4.09. The van der Waals surface area contributed by atoms with Crippen LogP contribution in [0.2, 0.25) is 0 Å². The third-order valence-electron chi connectivity index (χ3n) is 7.98. The molecule has 0 bridgehead atoms. The maximum Gasteiger partial charge on any atom is 0.177 e. The number of rotatable bonds is 8. The molecular formula is C37H29FN6. The van der Waals surface area contributed by atoms with Crippen molar-refractivity contribution < 1.29 is 4.39 Å². The van der Waals surface area contributed by atoms with Crippen LogP contribution in [-0.2, 0) is 25.7 Å². The van der Waals surface area contributed by atoms with Gasteiger partial charge < -0.3 is 0 Å². The van der Waals surface area contributed by atoms with Gasteiger partial charge in [0.25, 0.3) is 0 Å². The summed E-state index contributed by atoms with van der Waals surface area (Å²) in [6.07, 6.45) is 14.5. The van der Waals surface area contributed by atoms with Crippen LogP contribution >= 0.6 is 0 Å². The first kappa shape index (κ1) is 27.3. The van der Waals surface area contributed by atoms with Crippen molar-refractivity contribution in [2.75, 3.05) is 0 Å². The number of nitrogens with zero attached hydrogens (tertiary/aromatic N) is 6. The van der Waals surface area contributed by atoms with Gasteiger partial charge in [-0.2, -0.15) is 9.61 Å². The molecule has 0 saturated carbocycles. The Bertz CT molecular complexity index is 2040. The van der Waals surface area contributed by atoms with E-state index in [9.17, 15) is 4.39 Å². The number of aromatic nitrogens is 6. The lowest BCUT2D eigenvalue weighted by Gasteiger charge is -2.10. The number of allylic oxidation sites excluding steroid dienone is 3. The molecule has 1 aliphatic carbocycles. The predicted octanol–water partition coefficient (Wildman–Crippen LogP) is 7.31. The zero-order valence-electron chi connectivity index (χ0n) is 24.1. The van der Waals surface area contributed by atoms with Crippen LogP contribution in [0.1, 0.15) is 39.3 Å². The van der Waals surface area contributed by atoms with Crippen molar-refractivity contribution in [1.82, 2.24) is 29.8 Å². The monoisotopic (exact) mass is 576 g/mol. The summed E-state index contributed by atoms with van der Waals surface area (Å²) >= 11 is 0. The molecule has 44 heavy (non-hydrogen) atoms. The summed E-state index contributed by atoms with van der Waals surface area (Å²) in [7, 11) is 0. The zero-order valence-corrected chi connectivity index (χ0v) is 24.1. The number of hydrogen-bond acceptors (Lipinski definition) is 5. The van der Waals surface area contributed by atoms with E-state index in [1.165, 1.54) is 35.2 Å². The maximum absolute atomic E-state index is 14.2. The lowest BCUT2D eigenvalue weighted by Crippen LogP contribution is -2.05. The van der Waals surface area contributed by atoms with Gasteiger partial charge in [-0.15, -0.1) is 10.2 Å². The van der Waals surface area contributed by atoms with Crippen LogP contribution in [0.4, 0.5) is 4.39 Å². The summed E-state index contributed by atoms with van der Waals surface area (Å²) in [6, 6.07) is 25.7. The van der Waals surface area contributed by atoms with Gasteiger partial charge in [-0.1, -0.05) is 73.3 Å². The van der Waals surface area contributed by atoms with Gasteiger partial charge in [0, 0.05) is 36.1 Å². The largest absolute Gasteiger partial charge is 0.264 e. The molecule has 4 aromatic heterocycles. The molecule has 0 spiro atoms. The fourth-order valence-corrected chi connectivity index (χ4v) is 5.62. The van der Waals surface area contributed by atoms with E-state index in [1.807, 2.05) is 53.2 Å². The number of benzene rings is 2. The topological polar surface area (TPSA) is 68.9 Å². The number of pyridine rings is 2. The standard InChI is InChI=1S/C37H29FN6/c1-25(32-24-39-20-19-33(32)38)28-12-10-26(11-13-28)22-27-6-5-9-31-29(18-21-40-35(31)23-27)14-16-36-41-42-37-17-15-34(43-44(36)37)30-7-3-2-4-8-30/h2-8,10-13,15,17-21,23-24H,1,9,14,16,22H2. The Labute approximate surface area is 255 Å². The minimum Gasteiger partial charge on any atom is -0.264 e. The van der Waals surface area contributed by atoms with Crippen LogP contribution in [0, 0.1) is 5.82 Å². The van der Waals surface area contributed by atoms with E-state index in [2.05, 4.69) is 70.3 Å². The molecule has 0 fully saturated rings. The van der Waals surface area contributed by atoms with Crippen molar-refractivity contribution in [3.63, 3.8) is 0 Å². The molecule has 0 aliphatic heterocycles. The van der Waals surface area contributed by atoms with Crippen LogP contribution in [0.15, 0.2) is 122 Å². The smallest absolute Gasteiger partial charge is 0.177 e. The molecule has 2 aromatic carbocycles. The second-order valence-corrected chi connectivity index (χ2v) is 10.8. The van der Waals surface area contributed by atoms with Gasteiger partial charge in [0.05, 0.1) is 11.4 Å². The van der Waals surface area contributed by atoms with Crippen molar-refractivity contribution in [2.24, 2.45) is 0 Å². The summed E-state index contributed by atoms with van der Waals surface area (Å²) in [4.78, 5) is 8.77. The van der Waals surface area contributed by atoms with E-state index in [0.29, 0.717) is 17.6 Å². The molecule has 214 valence electrons. The molecule has 4 heterocycles. The Balaban J connectivity index is 1.07. The number of hydrogen-bond donors (Lipinski definition) is 0. The van der Waals surface area contributed by atoms with Crippen LogP contribution in [-0.4, -0.2) is 29.8 Å². The van der Waals surface area contributed by atoms with E-state index in [0.717, 1.165) is 58.8 Å². The van der Waals surface area contributed by atoms with Crippen molar-refractivity contribution in [3.8, 4) is 11.3 Å². The number of fused-ring (bicyclic) bond motifs is 2. The van der Waals surface area contributed by atoms with E-state index in [4.69, 9.17) is 10.1 Å². The second-order valence-electron chi connectivity index (χ2n) is 10.8. The number of aryl methyl sites for hydroxylation is 2. The Morgan fingerprint density at radius 2 is 1.75 bits per heavy atom. The van der Waals surface area contributed by atoms with E-state index >= 15 is 0 Å². The molecule has 0 amide bonds. The van der Waals surface area contributed by atoms with Crippen molar-refractivity contribution in [3.05, 3.63) is 167 Å². The second kappa shape index (κ2) is 12.0. The third kappa shape index (κ3) is 5.60. The van der Waals surface area contributed by atoms with Crippen molar-refractivity contribution in [2.45, 2.75) is 25.7 Å². The highest BCUT2D eigenvalue weighted by Gasteiger charge is 2.14. The quantitative estimate of drug-likeness (QED) is 0.190. The first-order chi connectivity index (χ1) is 21.6. The fraction of sp³-hybridized carbons (Fsp3) is 0.108. The molecule has 0 N–H and O–H groups in total. The van der Waals surface area contributed by atoms with Crippen LogP contribution < -0.4 is 0 Å². The number of halogens is 1. The lowest BCUT2D eigenvalue weighted by molar-refractivity contribution is 0.622. The van der Waals surface area contributed by atoms with Crippen LogP contribution in [0.25, 0.3) is 28.6 Å². The van der Waals surface area contributed by atoms with E-state index in [-0.39, 0.29) is 5.82 Å². The molecule has 7 rings (SSSR count). The third-order valence-corrected chi connectivity index (χ3v) is 7.98. The predicted molar refractivity (Wildman–Crippen MR) is 171 cm³/mol. The summed E-state index contributed by atoms with van der Waals surface area (Å²) < 4.78 is 16.1. The SMILES string of the molecule is C=C(c1ccc(CC2=Cc3nccc(CCc4nnc5ccc(-c6ccccc6)nn45)c3CC=C2)cc1)c1cnccc1F. The van der Waals surface area contributed by atoms with Gasteiger partial charge in [0.1, 0.15) is 5.82 Å². The summed E-state index contributed by atoms with van der Waals surface area (Å²) in [5, 5.41) is 13.6. The zero-order chi connectivity index (χ0) is 29.9. The van der Waals surface area contributed by atoms with E-state index < -0.39 is 0 Å². The molecular weight excluding hydrogens is 547 g/mol. The van der Waals surface area contributed by atoms with Gasteiger partial charge in [-0.05, 0) is 83.0 Å². The highest BCUT2D eigenvalue weighted by molar-refractivity contribution is 5.78.